The van der Waals surface area contributed by atoms with Gasteiger partial charge in [0.15, 0.2) is 6.54 Å². The summed E-state index contributed by atoms with van der Waals surface area (Å²) in [6.07, 6.45) is 2.48. The number of carbonyl (C=O) groups excluding carboxylic acids is 1. The molecule has 0 aliphatic carbocycles. The first kappa shape index (κ1) is 15.0. The highest BCUT2D eigenvalue weighted by Gasteiger charge is 2.21. The van der Waals surface area contributed by atoms with E-state index in [4.69, 9.17) is 0 Å². The first-order chi connectivity index (χ1) is 9.56. The molecule has 110 valence electrons. The van der Waals surface area contributed by atoms with Crippen LogP contribution < -0.4 is 10.2 Å². The zero-order valence-electron chi connectivity index (χ0n) is 12.9. The number of nitrogens with one attached hydrogen (secondary N) is 2. The van der Waals surface area contributed by atoms with Crippen LogP contribution in [-0.4, -0.2) is 25.5 Å². The zero-order chi connectivity index (χ0) is 14.5. The van der Waals surface area contributed by atoms with Gasteiger partial charge in [0.2, 0.25) is 0 Å². The number of quaternary nitrogens is 1. The van der Waals surface area contributed by atoms with Crippen LogP contribution in [0.2, 0.25) is 0 Å². The molecule has 0 saturated carbocycles. The maximum absolute atomic E-state index is 12.2. The standard InChI is InChI=1S/C17H26N2O/c1-13(2)15-6-4-5-7-16(15)18-17(20)12-19-10-8-14(3)9-11-19/h4-7,13-14H,8-12H2,1-3H3,(H,18,20)/p+1. The fraction of sp³-hybridized carbons (Fsp3) is 0.588. The lowest BCUT2D eigenvalue weighted by atomic mass is 9.99. The van der Waals surface area contributed by atoms with E-state index in [1.807, 2.05) is 18.2 Å². The van der Waals surface area contributed by atoms with Crippen LogP contribution in [0, 0.1) is 5.92 Å². The van der Waals surface area contributed by atoms with Crippen molar-refractivity contribution < 1.29 is 9.69 Å². The molecule has 20 heavy (non-hydrogen) atoms. The Kier molecular flexibility index (Phi) is 5.18. The molecule has 1 aliphatic rings. The second-order valence-corrected chi connectivity index (χ2v) is 6.40. The predicted molar refractivity (Wildman–Crippen MR) is 83.1 cm³/mol. The second kappa shape index (κ2) is 6.89. The molecule has 1 fully saturated rings. The van der Waals surface area contributed by atoms with Crippen molar-refractivity contribution in [1.82, 2.24) is 0 Å². The summed E-state index contributed by atoms with van der Waals surface area (Å²) in [6, 6.07) is 8.11. The van der Waals surface area contributed by atoms with Crippen molar-refractivity contribution in [3.05, 3.63) is 29.8 Å². The number of anilines is 1. The van der Waals surface area contributed by atoms with Gasteiger partial charge in [0, 0.05) is 5.69 Å². The summed E-state index contributed by atoms with van der Waals surface area (Å²) >= 11 is 0. The molecule has 3 heteroatoms. The van der Waals surface area contributed by atoms with Gasteiger partial charge in [-0.15, -0.1) is 0 Å². The highest BCUT2D eigenvalue weighted by molar-refractivity contribution is 5.92. The zero-order valence-corrected chi connectivity index (χ0v) is 12.9. The van der Waals surface area contributed by atoms with Crippen molar-refractivity contribution in [2.45, 2.75) is 39.5 Å². The third-order valence-electron chi connectivity index (χ3n) is 4.25. The fourth-order valence-corrected chi connectivity index (χ4v) is 2.88. The third kappa shape index (κ3) is 4.07. The van der Waals surface area contributed by atoms with Gasteiger partial charge in [-0.3, -0.25) is 4.79 Å². The minimum Gasteiger partial charge on any atom is -0.327 e. The maximum Gasteiger partial charge on any atom is 0.279 e. The van der Waals surface area contributed by atoms with E-state index >= 15 is 0 Å². The molecule has 1 aliphatic heterocycles. The molecule has 0 aromatic heterocycles. The molecule has 2 N–H and O–H groups in total. The van der Waals surface area contributed by atoms with Crippen molar-refractivity contribution in [3.8, 4) is 0 Å². The molecule has 3 nitrogen and oxygen atoms in total. The van der Waals surface area contributed by atoms with Gasteiger partial charge < -0.3 is 10.2 Å². The van der Waals surface area contributed by atoms with Crippen LogP contribution >= 0.6 is 0 Å². The highest BCUT2D eigenvalue weighted by Crippen LogP contribution is 2.23. The van der Waals surface area contributed by atoms with Crippen molar-refractivity contribution in [1.29, 1.82) is 0 Å². The van der Waals surface area contributed by atoms with Crippen LogP contribution in [0.3, 0.4) is 0 Å². The molecule has 1 aromatic rings. The summed E-state index contributed by atoms with van der Waals surface area (Å²) in [4.78, 5) is 13.6. The monoisotopic (exact) mass is 275 g/mol. The average Bonchev–Trinajstić information content (AvgIpc) is 2.41. The molecular formula is C17H27N2O+. The molecule has 1 aromatic carbocycles. The summed E-state index contributed by atoms with van der Waals surface area (Å²) in [5.41, 5.74) is 2.18. The molecule has 0 atom stereocenters. The van der Waals surface area contributed by atoms with Crippen LogP contribution in [0.1, 0.15) is 45.1 Å². The van der Waals surface area contributed by atoms with E-state index in [0.29, 0.717) is 12.5 Å². The van der Waals surface area contributed by atoms with Gasteiger partial charge in [-0.2, -0.15) is 0 Å². The Morgan fingerprint density at radius 1 is 1.30 bits per heavy atom. The van der Waals surface area contributed by atoms with Crippen LogP contribution in [0.15, 0.2) is 24.3 Å². The Morgan fingerprint density at radius 3 is 2.60 bits per heavy atom. The number of amides is 1. The maximum atomic E-state index is 12.2. The number of carbonyl (C=O) groups is 1. The van der Waals surface area contributed by atoms with E-state index in [0.717, 1.165) is 24.7 Å². The summed E-state index contributed by atoms with van der Waals surface area (Å²) in [5.74, 6) is 1.39. The Labute approximate surface area is 122 Å². The SMILES string of the molecule is CC1CC[NH+](CC(=O)Nc2ccccc2C(C)C)CC1. The van der Waals surface area contributed by atoms with E-state index in [1.165, 1.54) is 23.3 Å². The van der Waals surface area contributed by atoms with Crippen LogP contribution in [-0.2, 0) is 4.79 Å². The van der Waals surface area contributed by atoms with Gasteiger partial charge in [0.1, 0.15) is 0 Å². The van der Waals surface area contributed by atoms with E-state index < -0.39 is 0 Å². The molecule has 2 rings (SSSR count). The van der Waals surface area contributed by atoms with Crippen LogP contribution in [0.4, 0.5) is 5.69 Å². The summed E-state index contributed by atoms with van der Waals surface area (Å²) in [7, 11) is 0. The number of likely N-dealkylation sites (tertiary alicyclic amines) is 1. The molecular weight excluding hydrogens is 248 g/mol. The number of rotatable bonds is 4. The molecule has 1 heterocycles. The fourth-order valence-electron chi connectivity index (χ4n) is 2.88. The van der Waals surface area contributed by atoms with E-state index in [-0.39, 0.29) is 5.91 Å². The van der Waals surface area contributed by atoms with Gasteiger partial charge in [0.25, 0.3) is 5.91 Å². The normalized spacial score (nSPS) is 22.8. The minimum atomic E-state index is 0.141. The number of hydrogen-bond donors (Lipinski definition) is 2. The number of para-hydroxylation sites is 1. The summed E-state index contributed by atoms with van der Waals surface area (Å²) < 4.78 is 0. The molecule has 1 amide bonds. The molecule has 0 bridgehead atoms. The first-order valence-corrected chi connectivity index (χ1v) is 7.78. The Morgan fingerprint density at radius 2 is 1.95 bits per heavy atom. The number of hydrogen-bond acceptors (Lipinski definition) is 1. The second-order valence-electron chi connectivity index (χ2n) is 6.40. The van der Waals surface area contributed by atoms with Gasteiger partial charge >= 0.3 is 0 Å². The van der Waals surface area contributed by atoms with Gasteiger partial charge in [0.05, 0.1) is 13.1 Å². The van der Waals surface area contributed by atoms with Crippen LogP contribution in [0.25, 0.3) is 0 Å². The lowest BCUT2D eigenvalue weighted by Gasteiger charge is -2.26. The smallest absolute Gasteiger partial charge is 0.279 e. The Hall–Kier alpha value is -1.35. The summed E-state index contributed by atoms with van der Waals surface area (Å²) in [5, 5.41) is 3.09. The predicted octanol–water partition coefficient (Wildman–Crippen LogP) is 2.06. The average molecular weight is 275 g/mol. The highest BCUT2D eigenvalue weighted by atomic mass is 16.2. The number of benzene rings is 1. The lowest BCUT2D eigenvalue weighted by molar-refractivity contribution is -0.897. The van der Waals surface area contributed by atoms with E-state index in [2.05, 4.69) is 32.2 Å². The van der Waals surface area contributed by atoms with Crippen molar-refractivity contribution in [3.63, 3.8) is 0 Å². The number of piperidine rings is 1. The minimum absolute atomic E-state index is 0.141. The van der Waals surface area contributed by atoms with E-state index in [1.54, 1.807) is 0 Å². The van der Waals surface area contributed by atoms with Crippen molar-refractivity contribution >= 4 is 11.6 Å². The van der Waals surface area contributed by atoms with Gasteiger partial charge in [-0.05, 0) is 36.3 Å². The van der Waals surface area contributed by atoms with E-state index in [9.17, 15) is 4.79 Å². The van der Waals surface area contributed by atoms with Gasteiger partial charge in [-0.25, -0.2) is 0 Å². The molecule has 0 radical (unpaired) electrons. The Balaban J connectivity index is 1.91. The van der Waals surface area contributed by atoms with Gasteiger partial charge in [-0.1, -0.05) is 39.0 Å². The quantitative estimate of drug-likeness (QED) is 0.866. The molecule has 1 saturated heterocycles. The topological polar surface area (TPSA) is 33.5 Å². The largest absolute Gasteiger partial charge is 0.327 e. The lowest BCUT2D eigenvalue weighted by Crippen LogP contribution is -3.14. The Bertz CT molecular complexity index is 448. The van der Waals surface area contributed by atoms with Crippen LogP contribution in [0.5, 0.6) is 0 Å². The molecule has 0 unspecified atom stereocenters. The van der Waals surface area contributed by atoms with Crippen molar-refractivity contribution in [2.75, 3.05) is 25.0 Å². The summed E-state index contributed by atoms with van der Waals surface area (Å²) in [6.45, 7) is 9.46. The third-order valence-corrected chi connectivity index (χ3v) is 4.25. The van der Waals surface area contributed by atoms with Crippen molar-refractivity contribution in [2.24, 2.45) is 5.92 Å². The molecule has 0 spiro atoms. The first-order valence-electron chi connectivity index (χ1n) is 7.78.